The molecule has 1 atom stereocenters. The average molecular weight is 280 g/mol. The van der Waals surface area contributed by atoms with Crippen LogP contribution < -0.4 is 4.90 Å². The Morgan fingerprint density at radius 2 is 2.05 bits per heavy atom. The maximum Gasteiger partial charge on any atom is 0.185 e. The van der Waals surface area contributed by atoms with Crippen molar-refractivity contribution in [3.8, 4) is 0 Å². The summed E-state index contributed by atoms with van der Waals surface area (Å²) < 4.78 is 26.3. The number of hydrogen-bond acceptors (Lipinski definition) is 3. The number of benzene rings is 1. The quantitative estimate of drug-likeness (QED) is 0.855. The van der Waals surface area contributed by atoms with Crippen molar-refractivity contribution in [1.29, 1.82) is 0 Å². The molecule has 0 amide bonds. The predicted molar refractivity (Wildman–Crippen MR) is 72.5 cm³/mol. The Morgan fingerprint density at radius 1 is 1.26 bits per heavy atom. The highest BCUT2D eigenvalue weighted by molar-refractivity contribution is 7.13. The van der Waals surface area contributed by atoms with Crippen molar-refractivity contribution < 1.29 is 8.78 Å². The molecule has 0 N–H and O–H groups in total. The van der Waals surface area contributed by atoms with Gasteiger partial charge in [0.2, 0.25) is 0 Å². The molecule has 19 heavy (non-hydrogen) atoms. The molecule has 5 heteroatoms. The molecule has 0 aliphatic carbocycles. The lowest BCUT2D eigenvalue weighted by Gasteiger charge is -2.14. The van der Waals surface area contributed by atoms with E-state index >= 15 is 0 Å². The van der Waals surface area contributed by atoms with Crippen molar-refractivity contribution in [1.82, 2.24) is 4.98 Å². The van der Waals surface area contributed by atoms with E-state index in [1.54, 1.807) is 17.5 Å². The first-order valence-electron chi connectivity index (χ1n) is 6.30. The van der Waals surface area contributed by atoms with Gasteiger partial charge in [-0.2, -0.15) is 0 Å². The first-order chi connectivity index (χ1) is 9.20. The Balaban J connectivity index is 1.65. The summed E-state index contributed by atoms with van der Waals surface area (Å²) in [6.45, 7) is 1.88. The summed E-state index contributed by atoms with van der Waals surface area (Å²) in [6, 6.07) is 3.77. The smallest absolute Gasteiger partial charge is 0.185 e. The maximum absolute atomic E-state index is 13.1. The summed E-state index contributed by atoms with van der Waals surface area (Å²) in [5, 5.41) is 3.00. The molecule has 1 aliphatic rings. The van der Waals surface area contributed by atoms with Gasteiger partial charge in [0, 0.05) is 30.7 Å². The molecule has 100 valence electrons. The first kappa shape index (κ1) is 12.5. The lowest BCUT2D eigenvalue weighted by Crippen LogP contribution is -2.19. The number of nitrogens with zero attached hydrogens (tertiary/aromatic N) is 2. The van der Waals surface area contributed by atoms with Gasteiger partial charge in [0.15, 0.2) is 5.13 Å². The zero-order valence-electron chi connectivity index (χ0n) is 10.4. The highest BCUT2D eigenvalue weighted by Gasteiger charge is 2.24. The monoisotopic (exact) mass is 280 g/mol. The number of aromatic nitrogens is 1. The van der Waals surface area contributed by atoms with Crippen LogP contribution in [0, 0.1) is 17.6 Å². The molecule has 1 aromatic carbocycles. The van der Waals surface area contributed by atoms with Gasteiger partial charge in [-0.05, 0) is 36.5 Å². The Labute approximate surface area is 114 Å². The number of hydrogen-bond donors (Lipinski definition) is 0. The zero-order chi connectivity index (χ0) is 13.2. The SMILES string of the molecule is Fc1cc(F)cc(CC2CCN(c3nccs3)C2)c1. The highest BCUT2D eigenvalue weighted by Crippen LogP contribution is 2.27. The predicted octanol–water partition coefficient (Wildman–Crippen LogP) is 3.49. The topological polar surface area (TPSA) is 16.1 Å². The van der Waals surface area contributed by atoms with E-state index < -0.39 is 11.6 Å². The second kappa shape index (κ2) is 5.25. The second-order valence-corrected chi connectivity index (χ2v) is 5.77. The van der Waals surface area contributed by atoms with Crippen LogP contribution in [-0.2, 0) is 6.42 Å². The third-order valence-electron chi connectivity index (χ3n) is 3.42. The molecule has 2 heterocycles. The molecule has 1 saturated heterocycles. The summed E-state index contributed by atoms with van der Waals surface area (Å²) in [5.41, 5.74) is 0.739. The molecule has 2 nitrogen and oxygen atoms in total. The van der Waals surface area contributed by atoms with Crippen LogP contribution in [0.2, 0.25) is 0 Å². The molecule has 1 fully saturated rings. The van der Waals surface area contributed by atoms with Crippen LogP contribution in [0.25, 0.3) is 0 Å². The van der Waals surface area contributed by atoms with Crippen LogP contribution in [0.15, 0.2) is 29.8 Å². The first-order valence-corrected chi connectivity index (χ1v) is 7.18. The molecular weight excluding hydrogens is 266 g/mol. The van der Waals surface area contributed by atoms with E-state index in [2.05, 4.69) is 9.88 Å². The van der Waals surface area contributed by atoms with Crippen LogP contribution in [-0.4, -0.2) is 18.1 Å². The number of thiazole rings is 1. The van der Waals surface area contributed by atoms with Crippen LogP contribution in [0.3, 0.4) is 0 Å². The van der Waals surface area contributed by atoms with Crippen molar-refractivity contribution in [3.63, 3.8) is 0 Å². The summed E-state index contributed by atoms with van der Waals surface area (Å²) >= 11 is 1.63. The molecule has 3 rings (SSSR count). The van der Waals surface area contributed by atoms with Crippen molar-refractivity contribution in [2.75, 3.05) is 18.0 Å². The standard InChI is InChI=1S/C14H14F2N2S/c15-12-6-11(7-13(16)8-12)5-10-1-3-18(9-10)14-17-2-4-19-14/h2,4,6-8,10H,1,3,5,9H2. The molecule has 0 spiro atoms. The van der Waals surface area contributed by atoms with Crippen LogP contribution in [0.5, 0.6) is 0 Å². The van der Waals surface area contributed by atoms with E-state index in [4.69, 9.17) is 0 Å². The van der Waals surface area contributed by atoms with E-state index in [1.807, 2.05) is 5.38 Å². The fraction of sp³-hybridized carbons (Fsp3) is 0.357. The molecule has 0 bridgehead atoms. The lowest BCUT2D eigenvalue weighted by molar-refractivity contribution is 0.558. The largest absolute Gasteiger partial charge is 0.348 e. The maximum atomic E-state index is 13.1. The normalized spacial score (nSPS) is 19.1. The molecule has 0 saturated carbocycles. The van der Waals surface area contributed by atoms with Gasteiger partial charge in [0.1, 0.15) is 11.6 Å². The molecule has 2 aromatic rings. The van der Waals surface area contributed by atoms with Crippen LogP contribution >= 0.6 is 11.3 Å². The molecule has 1 aromatic heterocycles. The van der Waals surface area contributed by atoms with Crippen molar-refractivity contribution in [2.45, 2.75) is 12.8 Å². The van der Waals surface area contributed by atoms with Crippen molar-refractivity contribution in [2.24, 2.45) is 5.92 Å². The summed E-state index contributed by atoms with van der Waals surface area (Å²) in [6.07, 6.45) is 3.56. The van der Waals surface area contributed by atoms with Crippen molar-refractivity contribution >= 4 is 16.5 Å². The van der Waals surface area contributed by atoms with E-state index in [1.165, 1.54) is 12.1 Å². The molecular formula is C14H14F2N2S. The third kappa shape index (κ3) is 2.92. The zero-order valence-corrected chi connectivity index (χ0v) is 11.2. The molecule has 1 unspecified atom stereocenters. The fourth-order valence-corrected chi connectivity index (χ4v) is 3.29. The van der Waals surface area contributed by atoms with E-state index in [9.17, 15) is 8.78 Å². The minimum absolute atomic E-state index is 0.435. The van der Waals surface area contributed by atoms with E-state index in [-0.39, 0.29) is 0 Å². The van der Waals surface area contributed by atoms with Gasteiger partial charge in [-0.25, -0.2) is 13.8 Å². The third-order valence-corrected chi connectivity index (χ3v) is 4.25. The lowest BCUT2D eigenvalue weighted by atomic mass is 9.98. The number of rotatable bonds is 3. The summed E-state index contributed by atoms with van der Waals surface area (Å²) in [5.74, 6) is -0.556. The average Bonchev–Trinajstić information content (AvgIpc) is 2.96. The highest BCUT2D eigenvalue weighted by atomic mass is 32.1. The Bertz CT molecular complexity index is 536. The Hall–Kier alpha value is -1.49. The Kier molecular flexibility index (Phi) is 3.46. The van der Waals surface area contributed by atoms with Gasteiger partial charge in [0.05, 0.1) is 0 Å². The molecule has 0 radical (unpaired) electrons. The summed E-state index contributed by atoms with van der Waals surface area (Å²) in [7, 11) is 0. The second-order valence-electron chi connectivity index (χ2n) is 4.90. The van der Waals surface area contributed by atoms with E-state index in [0.29, 0.717) is 5.92 Å². The van der Waals surface area contributed by atoms with E-state index in [0.717, 1.165) is 42.7 Å². The van der Waals surface area contributed by atoms with Gasteiger partial charge in [0.25, 0.3) is 0 Å². The van der Waals surface area contributed by atoms with Gasteiger partial charge in [-0.15, -0.1) is 11.3 Å². The van der Waals surface area contributed by atoms with Gasteiger partial charge in [-0.3, -0.25) is 0 Å². The minimum atomic E-state index is -0.496. The minimum Gasteiger partial charge on any atom is -0.348 e. The number of anilines is 1. The fourth-order valence-electron chi connectivity index (χ4n) is 2.61. The van der Waals surface area contributed by atoms with Gasteiger partial charge in [-0.1, -0.05) is 0 Å². The van der Waals surface area contributed by atoms with Gasteiger partial charge < -0.3 is 4.90 Å². The van der Waals surface area contributed by atoms with Crippen molar-refractivity contribution in [3.05, 3.63) is 47.0 Å². The number of halogens is 2. The molecule has 1 aliphatic heterocycles. The van der Waals surface area contributed by atoms with Gasteiger partial charge >= 0.3 is 0 Å². The van der Waals surface area contributed by atoms with Crippen LogP contribution in [0.4, 0.5) is 13.9 Å². The van der Waals surface area contributed by atoms with Crippen LogP contribution in [0.1, 0.15) is 12.0 Å². The summed E-state index contributed by atoms with van der Waals surface area (Å²) in [4.78, 5) is 6.53. The Morgan fingerprint density at radius 3 is 2.74 bits per heavy atom.